The van der Waals surface area contributed by atoms with Gasteiger partial charge in [-0.1, -0.05) is 6.92 Å². The highest BCUT2D eigenvalue weighted by Crippen LogP contribution is 2.60. The number of hydrogen-bond acceptors (Lipinski definition) is 9. The minimum absolute atomic E-state index is 0.153. The summed E-state index contributed by atoms with van der Waals surface area (Å²) >= 11 is 5.14. The molecule has 2 aromatic heterocycles. The average Bonchev–Trinajstić information content (AvgIpc) is 3.04. The van der Waals surface area contributed by atoms with Crippen LogP contribution in [0.15, 0.2) is 17.1 Å². The highest BCUT2D eigenvalue weighted by Gasteiger charge is 2.50. The fourth-order valence-corrected chi connectivity index (χ4v) is 5.81. The van der Waals surface area contributed by atoms with Gasteiger partial charge in [-0.3, -0.25) is 13.9 Å². The largest absolute Gasteiger partial charge is 0.431 e. The van der Waals surface area contributed by atoms with E-state index in [1.54, 1.807) is 6.92 Å². The van der Waals surface area contributed by atoms with Gasteiger partial charge in [-0.25, -0.2) is 4.98 Å². The third-order valence-electron chi connectivity index (χ3n) is 6.42. The summed E-state index contributed by atoms with van der Waals surface area (Å²) in [6.45, 7) is 6.08. The molecule has 2 aromatic rings. The van der Waals surface area contributed by atoms with Gasteiger partial charge in [0.1, 0.15) is 23.5 Å². The molecule has 6 unspecified atom stereocenters. The number of halogens is 3. The molecular formula is C21H29F3N3O8PS. The van der Waals surface area contributed by atoms with E-state index < -0.39 is 66.0 Å². The van der Waals surface area contributed by atoms with E-state index in [0.29, 0.717) is 6.07 Å². The molecule has 0 aromatic carbocycles. The van der Waals surface area contributed by atoms with Crippen molar-refractivity contribution in [3.63, 3.8) is 0 Å². The predicted octanol–water partition coefficient (Wildman–Crippen LogP) is 3.24. The number of aliphatic hydroxyl groups is 2. The number of hydrogen-bond donors (Lipinski definition) is 4. The van der Waals surface area contributed by atoms with Crippen molar-refractivity contribution in [2.24, 2.45) is 0 Å². The van der Waals surface area contributed by atoms with Gasteiger partial charge < -0.3 is 34.1 Å². The molecule has 0 aliphatic carbocycles. The Bertz CT molecular complexity index is 1330. The minimum atomic E-state index is -4.81. The van der Waals surface area contributed by atoms with Crippen molar-refractivity contribution in [2.45, 2.75) is 82.2 Å². The second-order valence-electron chi connectivity index (χ2n) is 9.59. The first-order chi connectivity index (χ1) is 16.9. The Balaban J connectivity index is 1.90. The normalized spacial score (nSPS) is 26.2. The molecule has 0 saturated carbocycles. The zero-order chi connectivity index (χ0) is 28.1. The number of ether oxygens (including phenoxy) is 2. The molecule has 37 heavy (non-hydrogen) atoms. The maximum atomic E-state index is 13.0. The molecule has 3 rings (SSSR count). The Kier molecular flexibility index (Phi) is 8.16. The molecule has 11 nitrogen and oxygen atoms in total. The summed E-state index contributed by atoms with van der Waals surface area (Å²) in [7, 11) is -3.05. The molecule has 208 valence electrons. The lowest BCUT2D eigenvalue weighted by atomic mass is 9.97. The number of rotatable bonds is 8. The second-order valence-corrected chi connectivity index (χ2v) is 12.1. The van der Waals surface area contributed by atoms with E-state index in [2.05, 4.69) is 4.98 Å². The van der Waals surface area contributed by atoms with Crippen LogP contribution in [0, 0.1) is 4.77 Å². The van der Waals surface area contributed by atoms with E-state index in [-0.39, 0.29) is 23.0 Å². The summed E-state index contributed by atoms with van der Waals surface area (Å²) in [5, 5.41) is 19.6. The monoisotopic (exact) mass is 571 g/mol. The highest BCUT2D eigenvalue weighted by molar-refractivity contribution is 7.71. The molecule has 3 heterocycles. The highest BCUT2D eigenvalue weighted by atomic mass is 32.1. The van der Waals surface area contributed by atoms with Crippen molar-refractivity contribution in [2.75, 3.05) is 7.11 Å². The van der Waals surface area contributed by atoms with Gasteiger partial charge in [0.25, 0.3) is 0 Å². The van der Waals surface area contributed by atoms with E-state index in [1.807, 2.05) is 4.98 Å². The number of methoxy groups -OCH3 is 1. The van der Waals surface area contributed by atoms with Crippen molar-refractivity contribution in [1.29, 1.82) is 0 Å². The first-order valence-corrected chi connectivity index (χ1v) is 13.2. The smallest absolute Gasteiger partial charge is 0.388 e. The van der Waals surface area contributed by atoms with Crippen molar-refractivity contribution < 1.29 is 46.8 Å². The number of pyridine rings is 1. The lowest BCUT2D eigenvalue weighted by molar-refractivity contribution is -0.141. The molecule has 1 aliphatic rings. The van der Waals surface area contributed by atoms with Crippen LogP contribution in [0.5, 0.6) is 0 Å². The molecule has 1 saturated heterocycles. The molecule has 0 bridgehead atoms. The SMILES string of the molecule is CCC(C)(OC)P(=O)(O)OC(C)(C)CC1OC(n2cc3c(=O)cc(C(F)(F)F)[nH]c3nc2=S)C(O)C1O. The van der Waals surface area contributed by atoms with Gasteiger partial charge in [-0.05, 0) is 39.4 Å². The van der Waals surface area contributed by atoms with Crippen LogP contribution in [-0.2, 0) is 24.7 Å². The first kappa shape index (κ1) is 29.8. The van der Waals surface area contributed by atoms with Crippen LogP contribution < -0.4 is 5.43 Å². The topological polar surface area (TPSA) is 156 Å². The van der Waals surface area contributed by atoms with Crippen LogP contribution >= 0.6 is 19.8 Å². The number of H-pyrrole nitrogens is 1. The van der Waals surface area contributed by atoms with Gasteiger partial charge in [0.15, 0.2) is 17.0 Å². The summed E-state index contributed by atoms with van der Waals surface area (Å²) in [6, 6.07) is 0.373. The fraction of sp³-hybridized carbons (Fsp3) is 0.667. The Morgan fingerprint density at radius 1 is 1.27 bits per heavy atom. The lowest BCUT2D eigenvalue weighted by Gasteiger charge is -2.37. The summed E-state index contributed by atoms with van der Waals surface area (Å²) in [5.74, 6) is 0. The summed E-state index contributed by atoms with van der Waals surface area (Å²) in [6.07, 6.45) is -9.27. The minimum Gasteiger partial charge on any atom is -0.388 e. The number of nitrogens with one attached hydrogen (secondary N) is 1. The van der Waals surface area contributed by atoms with E-state index in [9.17, 15) is 37.6 Å². The zero-order valence-electron chi connectivity index (χ0n) is 20.6. The van der Waals surface area contributed by atoms with Crippen LogP contribution in [-0.4, -0.2) is 66.0 Å². The molecule has 4 N–H and O–H groups in total. The van der Waals surface area contributed by atoms with Crippen molar-refractivity contribution >= 4 is 30.8 Å². The lowest BCUT2D eigenvalue weighted by Crippen LogP contribution is -2.39. The van der Waals surface area contributed by atoms with Gasteiger partial charge in [0.2, 0.25) is 4.77 Å². The van der Waals surface area contributed by atoms with Crippen molar-refractivity contribution in [3.8, 4) is 0 Å². The Hall–Kier alpha value is -1.71. The molecule has 1 fully saturated rings. The quantitative estimate of drug-likeness (QED) is 0.274. The maximum Gasteiger partial charge on any atom is 0.431 e. The number of fused-ring (bicyclic) bond motifs is 1. The molecule has 1 aliphatic heterocycles. The molecule has 0 radical (unpaired) electrons. The van der Waals surface area contributed by atoms with Gasteiger partial charge >= 0.3 is 13.8 Å². The maximum absolute atomic E-state index is 13.0. The van der Waals surface area contributed by atoms with Crippen molar-refractivity contribution in [3.05, 3.63) is 33.0 Å². The van der Waals surface area contributed by atoms with E-state index >= 15 is 0 Å². The summed E-state index contributed by atoms with van der Waals surface area (Å²) < 4.78 is 69.3. The standard InChI is InChI=1S/C21H29F3N3O8PS/c1-6-20(4,33-5)36(31,32)35-19(2,3)8-12-14(29)15(30)17(34-12)27-9-10-11(28)7-13(21(22,23)24)25-16(10)26-18(27)37/h7,9,12,14-15,17,29-30H,6,8H2,1-5H3,(H,31,32)(H,25,26,37). The van der Waals surface area contributed by atoms with Gasteiger partial charge in [0.05, 0.1) is 17.1 Å². The van der Waals surface area contributed by atoms with Crippen LogP contribution in [0.2, 0.25) is 0 Å². The van der Waals surface area contributed by atoms with Crippen molar-refractivity contribution in [1.82, 2.24) is 14.5 Å². The fourth-order valence-electron chi connectivity index (χ4n) is 3.99. The van der Waals surface area contributed by atoms with E-state index in [0.717, 1.165) is 10.8 Å². The number of alkyl halides is 3. The van der Waals surface area contributed by atoms with Crippen LogP contribution in [0.25, 0.3) is 11.0 Å². The number of nitrogens with zero attached hydrogens (tertiary/aromatic N) is 2. The Labute approximate surface area is 214 Å². The third kappa shape index (κ3) is 5.83. The molecule has 16 heteroatoms. The number of aromatic amines is 1. The second kappa shape index (κ2) is 10.1. The van der Waals surface area contributed by atoms with Gasteiger partial charge in [-0.15, -0.1) is 0 Å². The van der Waals surface area contributed by atoms with Gasteiger partial charge in [0, 0.05) is 25.8 Å². The molecule has 0 amide bonds. The molecule has 0 spiro atoms. The van der Waals surface area contributed by atoms with Crippen LogP contribution in [0.3, 0.4) is 0 Å². The summed E-state index contributed by atoms with van der Waals surface area (Å²) in [4.78, 5) is 28.8. The van der Waals surface area contributed by atoms with Crippen LogP contribution in [0.4, 0.5) is 13.2 Å². The predicted molar refractivity (Wildman–Crippen MR) is 127 cm³/mol. The zero-order valence-corrected chi connectivity index (χ0v) is 22.4. The number of aliphatic hydroxyl groups excluding tert-OH is 2. The van der Waals surface area contributed by atoms with E-state index in [1.165, 1.54) is 27.9 Å². The molecular weight excluding hydrogens is 542 g/mol. The van der Waals surface area contributed by atoms with Crippen LogP contribution in [0.1, 0.15) is 52.5 Å². The third-order valence-corrected chi connectivity index (χ3v) is 9.16. The Morgan fingerprint density at radius 2 is 1.89 bits per heavy atom. The Morgan fingerprint density at radius 3 is 2.43 bits per heavy atom. The first-order valence-electron chi connectivity index (χ1n) is 11.2. The van der Waals surface area contributed by atoms with Gasteiger partial charge in [-0.2, -0.15) is 13.2 Å². The summed E-state index contributed by atoms with van der Waals surface area (Å²) in [5.41, 5.74) is -4.04. The number of aromatic nitrogens is 3. The van der Waals surface area contributed by atoms with E-state index in [4.69, 9.17) is 26.2 Å². The molecule has 6 atom stereocenters. The average molecular weight is 572 g/mol.